The van der Waals surface area contributed by atoms with Crippen LogP contribution < -0.4 is 0 Å². The van der Waals surface area contributed by atoms with Gasteiger partial charge in [0, 0.05) is 17.8 Å². The molecule has 0 saturated heterocycles. The van der Waals surface area contributed by atoms with Crippen LogP contribution in [0.3, 0.4) is 0 Å². The molecule has 0 aliphatic heterocycles. The van der Waals surface area contributed by atoms with Gasteiger partial charge in [0.05, 0.1) is 11.7 Å². The molecule has 4 nitrogen and oxygen atoms in total. The van der Waals surface area contributed by atoms with Crippen LogP contribution >= 0.6 is 0 Å². The Hall–Kier alpha value is -1.10. The fourth-order valence-corrected chi connectivity index (χ4v) is 6.84. The van der Waals surface area contributed by atoms with Crippen molar-refractivity contribution in [3.63, 3.8) is 0 Å². The molecule has 0 aromatic carbocycles. The van der Waals surface area contributed by atoms with Crippen LogP contribution in [0.4, 0.5) is 0 Å². The highest BCUT2D eigenvalue weighted by molar-refractivity contribution is 5.24. The van der Waals surface area contributed by atoms with E-state index in [4.69, 9.17) is 0 Å². The molecule has 0 spiro atoms. The van der Waals surface area contributed by atoms with Crippen LogP contribution in [0.25, 0.3) is 0 Å². The molecule has 0 heterocycles. The van der Waals surface area contributed by atoms with Crippen molar-refractivity contribution in [3.8, 4) is 0 Å². The number of aliphatic hydroxyl groups excluding tert-OH is 2. The van der Waals surface area contributed by atoms with E-state index < -0.39 is 11.2 Å². The molecule has 3 aliphatic carbocycles. The molecule has 0 amide bonds. The van der Waals surface area contributed by atoms with Crippen LogP contribution in [-0.2, 0) is 0 Å². The monoisotopic (exact) mass is 446 g/mol. The average molecular weight is 447 g/mol. The summed E-state index contributed by atoms with van der Waals surface area (Å²) in [4.78, 5) is 0. The van der Waals surface area contributed by atoms with E-state index in [9.17, 15) is 20.4 Å². The summed E-state index contributed by atoms with van der Waals surface area (Å²) in [5, 5.41) is 43.3. The SMILES string of the molecule is C=C1CC[C@H](O)CC1/C=C(/O)C1(O)CCC[C@]2(C)[C@@H]([C@H](C)/C=C/[C@H](C)C(C)(C)O)CC[C@@H]12. The van der Waals surface area contributed by atoms with Crippen LogP contribution in [0, 0.1) is 35.0 Å². The minimum absolute atomic E-state index is 0.0225. The Labute approximate surface area is 195 Å². The lowest BCUT2D eigenvalue weighted by molar-refractivity contribution is -0.103. The Morgan fingerprint density at radius 2 is 1.84 bits per heavy atom. The third-order valence-electron chi connectivity index (χ3n) is 9.36. The van der Waals surface area contributed by atoms with E-state index in [0.717, 1.165) is 44.1 Å². The van der Waals surface area contributed by atoms with E-state index in [1.54, 1.807) is 6.08 Å². The van der Waals surface area contributed by atoms with E-state index in [2.05, 4.69) is 32.6 Å². The average Bonchev–Trinajstić information content (AvgIpc) is 3.06. The molecule has 4 N–H and O–H groups in total. The van der Waals surface area contributed by atoms with E-state index in [0.29, 0.717) is 24.7 Å². The van der Waals surface area contributed by atoms with Gasteiger partial charge in [0.1, 0.15) is 11.4 Å². The first kappa shape index (κ1) is 25.5. The fraction of sp³-hybridized carbons (Fsp3) is 0.786. The zero-order chi connectivity index (χ0) is 23.9. The smallest absolute Gasteiger partial charge is 0.124 e. The minimum atomic E-state index is -1.20. The molecule has 32 heavy (non-hydrogen) atoms. The molecule has 3 saturated carbocycles. The van der Waals surface area contributed by atoms with Crippen molar-refractivity contribution in [2.75, 3.05) is 0 Å². The quantitative estimate of drug-likeness (QED) is 0.312. The molecule has 3 rings (SSSR count). The lowest BCUT2D eigenvalue weighted by Crippen LogP contribution is -2.51. The van der Waals surface area contributed by atoms with Gasteiger partial charge >= 0.3 is 0 Å². The van der Waals surface area contributed by atoms with Gasteiger partial charge in [-0.05, 0) is 88.5 Å². The Kier molecular flexibility index (Phi) is 7.39. The molecule has 3 aliphatic rings. The summed E-state index contributed by atoms with van der Waals surface area (Å²) in [5.41, 5.74) is -0.946. The zero-order valence-electron chi connectivity index (χ0n) is 20.8. The highest BCUT2D eigenvalue weighted by Gasteiger charge is 2.59. The first-order chi connectivity index (χ1) is 14.8. The van der Waals surface area contributed by atoms with Gasteiger partial charge in [-0.1, -0.05) is 45.1 Å². The van der Waals surface area contributed by atoms with Gasteiger partial charge in [-0.25, -0.2) is 0 Å². The second-order valence-corrected chi connectivity index (χ2v) is 12.0. The van der Waals surface area contributed by atoms with E-state index >= 15 is 0 Å². The van der Waals surface area contributed by atoms with E-state index in [1.807, 2.05) is 20.8 Å². The number of fused-ring (bicyclic) bond motifs is 1. The zero-order valence-corrected chi connectivity index (χ0v) is 20.8. The third kappa shape index (κ3) is 4.88. The number of rotatable bonds is 6. The second-order valence-electron chi connectivity index (χ2n) is 12.0. The molecule has 2 unspecified atom stereocenters. The first-order valence-electron chi connectivity index (χ1n) is 12.7. The van der Waals surface area contributed by atoms with Crippen molar-refractivity contribution in [1.82, 2.24) is 0 Å². The highest BCUT2D eigenvalue weighted by atomic mass is 16.3. The Morgan fingerprint density at radius 3 is 2.50 bits per heavy atom. The molecule has 0 radical (unpaired) electrons. The van der Waals surface area contributed by atoms with Crippen molar-refractivity contribution < 1.29 is 20.4 Å². The van der Waals surface area contributed by atoms with E-state index in [1.165, 1.54) is 0 Å². The van der Waals surface area contributed by atoms with Gasteiger partial charge < -0.3 is 20.4 Å². The van der Waals surface area contributed by atoms with Crippen molar-refractivity contribution >= 4 is 0 Å². The van der Waals surface area contributed by atoms with Gasteiger partial charge in [-0.2, -0.15) is 0 Å². The van der Waals surface area contributed by atoms with Crippen LogP contribution in [0.1, 0.15) is 86.0 Å². The van der Waals surface area contributed by atoms with Gasteiger partial charge in [-0.3, -0.25) is 0 Å². The maximum Gasteiger partial charge on any atom is 0.124 e. The van der Waals surface area contributed by atoms with Gasteiger partial charge in [0.25, 0.3) is 0 Å². The van der Waals surface area contributed by atoms with Crippen molar-refractivity contribution in [2.45, 2.75) is 103 Å². The van der Waals surface area contributed by atoms with Crippen LogP contribution in [0.5, 0.6) is 0 Å². The molecule has 8 atom stereocenters. The van der Waals surface area contributed by atoms with Crippen LogP contribution in [0.15, 0.2) is 36.1 Å². The highest BCUT2D eigenvalue weighted by Crippen LogP contribution is 2.62. The predicted octanol–water partition coefficient (Wildman–Crippen LogP) is 5.69. The Balaban J connectivity index is 1.80. The summed E-state index contributed by atoms with van der Waals surface area (Å²) in [6, 6.07) is 0. The largest absolute Gasteiger partial charge is 0.510 e. The molecule has 0 bridgehead atoms. The number of hydrogen-bond donors (Lipinski definition) is 4. The maximum absolute atomic E-state index is 11.8. The van der Waals surface area contributed by atoms with E-state index in [-0.39, 0.29) is 35.0 Å². The molecular weight excluding hydrogens is 400 g/mol. The third-order valence-corrected chi connectivity index (χ3v) is 9.36. The lowest BCUT2D eigenvalue weighted by atomic mass is 9.57. The summed E-state index contributed by atoms with van der Waals surface area (Å²) in [6.07, 6.45) is 12.4. The lowest BCUT2D eigenvalue weighted by Gasteiger charge is -2.50. The Morgan fingerprint density at radius 1 is 1.16 bits per heavy atom. The van der Waals surface area contributed by atoms with Crippen molar-refractivity contribution in [3.05, 3.63) is 36.1 Å². The fourth-order valence-electron chi connectivity index (χ4n) is 6.84. The van der Waals surface area contributed by atoms with Gasteiger partial charge in [-0.15, -0.1) is 0 Å². The Bertz CT molecular complexity index is 747. The predicted molar refractivity (Wildman–Crippen MR) is 130 cm³/mol. The number of allylic oxidation sites excluding steroid dienone is 3. The van der Waals surface area contributed by atoms with Crippen molar-refractivity contribution in [1.29, 1.82) is 0 Å². The minimum Gasteiger partial charge on any atom is -0.510 e. The molecule has 4 heteroatoms. The van der Waals surface area contributed by atoms with Gasteiger partial charge in [0.2, 0.25) is 0 Å². The normalized spacial score (nSPS) is 41.0. The summed E-state index contributed by atoms with van der Waals surface area (Å²) >= 11 is 0. The van der Waals surface area contributed by atoms with Crippen molar-refractivity contribution in [2.24, 2.45) is 35.0 Å². The van der Waals surface area contributed by atoms with Gasteiger partial charge in [0.15, 0.2) is 0 Å². The summed E-state index contributed by atoms with van der Waals surface area (Å²) in [7, 11) is 0. The first-order valence-corrected chi connectivity index (χ1v) is 12.7. The molecule has 0 aromatic heterocycles. The molecule has 3 fully saturated rings. The standard InChI is InChI=1S/C28H46O4/c1-18-9-11-22(29)16-21(18)17-25(30)28(32)15-7-14-27(6)23(12-13-24(27)28)19(2)8-10-20(3)26(4,5)31/h8,10,17,19-24,29-32H,1,7,9,11-16H2,2-6H3/b10-8+,25-17+/t19-,20+,21?,22+,23-,24-,27-,28?/m1/s1. The molecular formula is C28H46O4. The maximum atomic E-state index is 11.8. The summed E-state index contributed by atoms with van der Waals surface area (Å²) in [5.74, 6) is 0.894. The summed E-state index contributed by atoms with van der Waals surface area (Å²) < 4.78 is 0. The van der Waals surface area contributed by atoms with Crippen LogP contribution in [0.2, 0.25) is 0 Å². The number of aliphatic hydroxyl groups is 4. The summed E-state index contributed by atoms with van der Waals surface area (Å²) in [6.45, 7) is 14.4. The number of hydrogen-bond acceptors (Lipinski definition) is 4. The topological polar surface area (TPSA) is 80.9 Å². The molecule has 182 valence electrons. The second kappa shape index (κ2) is 9.27. The molecule has 0 aromatic rings. The van der Waals surface area contributed by atoms with Crippen LogP contribution in [-0.4, -0.2) is 37.7 Å².